The van der Waals surface area contributed by atoms with Gasteiger partial charge in [-0.1, -0.05) is 79.9 Å². The molecule has 1 heterocycles. The van der Waals surface area contributed by atoms with Crippen LogP contribution in [0, 0.1) is 0 Å². The number of hydroxylamine groups is 1. The van der Waals surface area contributed by atoms with E-state index in [1.165, 1.54) is 4.90 Å². The van der Waals surface area contributed by atoms with Crippen molar-refractivity contribution in [2.24, 2.45) is 5.73 Å². The average molecular weight is 566 g/mol. The standard InChI is InChI=1S/C31H43N5O5/c32-26(17-9-1-2-10-18-33-41)29(38)34-27(20-23-12-5-3-6-13-23)30(39)35-28(21-24-14-7-4-8-15-24)31(40)36-19-11-16-25(36)22-37/h3-8,12-15,22,25-28,33,41H,1-2,9-11,16-21,32H2,(H,34,38)(H,35,39)/t25?,26-,27-,28-/m0/s1. The summed E-state index contributed by atoms with van der Waals surface area (Å²) in [6.45, 7) is 0.975. The Hall–Kier alpha value is -3.60. The van der Waals surface area contributed by atoms with Crippen molar-refractivity contribution < 1.29 is 24.4 Å². The van der Waals surface area contributed by atoms with E-state index >= 15 is 0 Å². The van der Waals surface area contributed by atoms with Crippen LogP contribution in [0.25, 0.3) is 0 Å². The summed E-state index contributed by atoms with van der Waals surface area (Å²) in [6, 6.07) is 15.6. The lowest BCUT2D eigenvalue weighted by Crippen LogP contribution is -2.57. The van der Waals surface area contributed by atoms with E-state index in [2.05, 4.69) is 16.1 Å². The molecule has 10 heteroatoms. The van der Waals surface area contributed by atoms with Gasteiger partial charge in [0.1, 0.15) is 18.4 Å². The first-order valence-corrected chi connectivity index (χ1v) is 14.5. The first-order valence-electron chi connectivity index (χ1n) is 14.5. The van der Waals surface area contributed by atoms with Crippen LogP contribution in [0.1, 0.15) is 56.1 Å². The highest BCUT2D eigenvalue weighted by Gasteiger charge is 2.35. The molecule has 0 aliphatic carbocycles. The molecule has 222 valence electrons. The molecule has 2 aromatic rings. The van der Waals surface area contributed by atoms with Crippen molar-refractivity contribution in [1.82, 2.24) is 21.0 Å². The van der Waals surface area contributed by atoms with Gasteiger partial charge < -0.3 is 31.3 Å². The highest BCUT2D eigenvalue weighted by atomic mass is 16.5. The first kappa shape index (κ1) is 31.9. The van der Waals surface area contributed by atoms with Crippen molar-refractivity contribution in [2.75, 3.05) is 13.1 Å². The van der Waals surface area contributed by atoms with E-state index in [0.29, 0.717) is 25.9 Å². The third-order valence-corrected chi connectivity index (χ3v) is 7.44. The zero-order valence-electron chi connectivity index (χ0n) is 23.5. The Morgan fingerprint density at radius 3 is 2.07 bits per heavy atom. The molecular weight excluding hydrogens is 522 g/mol. The minimum Gasteiger partial charge on any atom is -0.343 e. The van der Waals surface area contributed by atoms with E-state index in [0.717, 1.165) is 49.5 Å². The zero-order chi connectivity index (χ0) is 29.5. The number of nitrogens with one attached hydrogen (secondary N) is 3. The topological polar surface area (TPSA) is 154 Å². The summed E-state index contributed by atoms with van der Waals surface area (Å²) < 4.78 is 0. The van der Waals surface area contributed by atoms with E-state index in [9.17, 15) is 19.2 Å². The van der Waals surface area contributed by atoms with Gasteiger partial charge >= 0.3 is 0 Å². The van der Waals surface area contributed by atoms with Crippen molar-refractivity contribution >= 4 is 24.0 Å². The molecular formula is C31H43N5O5. The van der Waals surface area contributed by atoms with Gasteiger partial charge in [0.25, 0.3) is 0 Å². The lowest BCUT2D eigenvalue weighted by molar-refractivity contribution is -0.139. The van der Waals surface area contributed by atoms with Gasteiger partial charge in [0.15, 0.2) is 0 Å². The van der Waals surface area contributed by atoms with Crippen LogP contribution in [0.3, 0.4) is 0 Å². The minimum atomic E-state index is -0.946. The molecule has 1 aliphatic rings. The summed E-state index contributed by atoms with van der Waals surface area (Å²) in [5.41, 5.74) is 10.0. The van der Waals surface area contributed by atoms with Crippen LogP contribution in [0.15, 0.2) is 60.7 Å². The quantitative estimate of drug-likeness (QED) is 0.112. The van der Waals surface area contributed by atoms with Gasteiger partial charge in [-0.25, -0.2) is 5.48 Å². The van der Waals surface area contributed by atoms with Crippen LogP contribution < -0.4 is 21.8 Å². The fraction of sp³-hybridized carbons (Fsp3) is 0.484. The second-order valence-electron chi connectivity index (χ2n) is 10.6. The number of hydrogen-bond donors (Lipinski definition) is 5. The lowest BCUT2D eigenvalue weighted by Gasteiger charge is -2.29. The molecule has 0 bridgehead atoms. The minimum absolute atomic E-state index is 0.228. The highest BCUT2D eigenvalue weighted by molar-refractivity contribution is 5.94. The van der Waals surface area contributed by atoms with E-state index in [1.54, 1.807) is 0 Å². The first-order chi connectivity index (χ1) is 19.9. The van der Waals surface area contributed by atoms with Gasteiger partial charge in [-0.05, 0) is 36.8 Å². The Bertz CT molecular complexity index is 1100. The number of nitrogens with two attached hydrogens (primary N) is 1. The van der Waals surface area contributed by atoms with Crippen LogP contribution >= 0.6 is 0 Å². The summed E-state index contributed by atoms with van der Waals surface area (Å²) in [4.78, 5) is 53.5. The maximum absolute atomic E-state index is 13.7. The molecule has 6 N–H and O–H groups in total. The summed E-state index contributed by atoms with van der Waals surface area (Å²) in [7, 11) is 0. The Balaban J connectivity index is 1.72. The van der Waals surface area contributed by atoms with Crippen LogP contribution in [-0.4, -0.2) is 71.4 Å². The molecule has 41 heavy (non-hydrogen) atoms. The number of likely N-dealkylation sites (tertiary alicyclic amines) is 1. The van der Waals surface area contributed by atoms with Gasteiger partial charge in [-0.3, -0.25) is 14.4 Å². The third-order valence-electron chi connectivity index (χ3n) is 7.44. The second-order valence-corrected chi connectivity index (χ2v) is 10.6. The van der Waals surface area contributed by atoms with E-state index in [-0.39, 0.29) is 18.7 Å². The van der Waals surface area contributed by atoms with Gasteiger partial charge in [0.05, 0.1) is 12.1 Å². The second kappa shape index (κ2) is 17.3. The highest BCUT2D eigenvalue weighted by Crippen LogP contribution is 2.18. The van der Waals surface area contributed by atoms with Gasteiger partial charge in [-0.15, -0.1) is 0 Å². The van der Waals surface area contributed by atoms with Crippen LogP contribution in [0.5, 0.6) is 0 Å². The number of rotatable bonds is 17. The summed E-state index contributed by atoms with van der Waals surface area (Å²) >= 11 is 0. The number of nitrogens with zero attached hydrogens (tertiary/aromatic N) is 1. The molecule has 0 spiro atoms. The SMILES string of the molecule is N[C@@H](CCCCCCNO)C(=O)N[C@@H](Cc1ccccc1)C(=O)N[C@@H](Cc1ccccc1)C(=O)N1CCCC1C=O. The van der Waals surface area contributed by atoms with Crippen molar-refractivity contribution in [1.29, 1.82) is 0 Å². The lowest BCUT2D eigenvalue weighted by atomic mass is 10.0. The van der Waals surface area contributed by atoms with E-state index in [1.807, 2.05) is 60.7 Å². The molecule has 1 fully saturated rings. The number of aldehydes is 1. The molecule has 1 aliphatic heterocycles. The summed E-state index contributed by atoms with van der Waals surface area (Å²) in [5.74, 6) is -1.22. The number of benzene rings is 2. The summed E-state index contributed by atoms with van der Waals surface area (Å²) in [6.07, 6.45) is 6.41. The normalized spacial score (nSPS) is 16.9. The van der Waals surface area contributed by atoms with Crippen molar-refractivity contribution in [2.45, 2.75) is 82.0 Å². The molecule has 0 radical (unpaired) electrons. The smallest absolute Gasteiger partial charge is 0.246 e. The van der Waals surface area contributed by atoms with Crippen LogP contribution in [0.2, 0.25) is 0 Å². The molecule has 10 nitrogen and oxygen atoms in total. The summed E-state index contributed by atoms with van der Waals surface area (Å²) in [5, 5.41) is 14.4. The maximum Gasteiger partial charge on any atom is 0.246 e. The monoisotopic (exact) mass is 565 g/mol. The van der Waals surface area contributed by atoms with Crippen LogP contribution in [0.4, 0.5) is 0 Å². The molecule has 0 saturated carbocycles. The Kier molecular flexibility index (Phi) is 13.4. The van der Waals surface area contributed by atoms with Gasteiger partial charge in [0, 0.05) is 25.9 Å². The zero-order valence-corrected chi connectivity index (χ0v) is 23.5. The maximum atomic E-state index is 13.7. The predicted octanol–water partition coefficient (Wildman–Crippen LogP) is 1.89. The molecule has 3 amide bonds. The van der Waals surface area contributed by atoms with E-state index in [4.69, 9.17) is 10.9 Å². The number of unbranched alkanes of at least 4 members (excludes halogenated alkanes) is 3. The number of carbonyl (C=O) groups is 4. The molecule has 0 aromatic heterocycles. The van der Waals surface area contributed by atoms with Crippen LogP contribution in [-0.2, 0) is 32.0 Å². The van der Waals surface area contributed by atoms with Crippen molar-refractivity contribution in [3.8, 4) is 0 Å². The molecule has 2 aromatic carbocycles. The number of carbonyl (C=O) groups excluding carboxylic acids is 4. The molecule has 4 atom stereocenters. The third kappa shape index (κ3) is 10.4. The molecule has 3 rings (SSSR count). The van der Waals surface area contributed by atoms with Crippen molar-refractivity contribution in [3.05, 3.63) is 71.8 Å². The largest absolute Gasteiger partial charge is 0.343 e. The fourth-order valence-electron chi connectivity index (χ4n) is 5.12. The number of hydrogen-bond acceptors (Lipinski definition) is 7. The fourth-order valence-corrected chi connectivity index (χ4v) is 5.12. The predicted molar refractivity (Wildman–Crippen MR) is 156 cm³/mol. The Morgan fingerprint density at radius 1 is 0.878 bits per heavy atom. The number of amides is 3. The molecule has 1 saturated heterocycles. The van der Waals surface area contributed by atoms with Gasteiger partial charge in [-0.2, -0.15) is 0 Å². The Morgan fingerprint density at radius 2 is 1.46 bits per heavy atom. The average Bonchev–Trinajstić information content (AvgIpc) is 3.48. The van der Waals surface area contributed by atoms with E-state index < -0.39 is 36.0 Å². The Labute approximate surface area is 242 Å². The molecule has 1 unspecified atom stereocenters. The van der Waals surface area contributed by atoms with Crippen molar-refractivity contribution in [3.63, 3.8) is 0 Å². The van der Waals surface area contributed by atoms with Gasteiger partial charge in [0.2, 0.25) is 17.7 Å².